The summed E-state index contributed by atoms with van der Waals surface area (Å²) in [6.07, 6.45) is 0. The molecule has 126 valence electrons. The second kappa shape index (κ2) is 6.10. The molecule has 0 atom stereocenters. The third-order valence-corrected chi connectivity index (χ3v) is 4.74. The van der Waals surface area contributed by atoms with Gasteiger partial charge in [0, 0.05) is 16.8 Å². The van der Waals surface area contributed by atoms with Crippen LogP contribution in [0.4, 0.5) is 11.4 Å². The summed E-state index contributed by atoms with van der Waals surface area (Å²) < 4.78 is 0. The van der Waals surface area contributed by atoms with Crippen LogP contribution in [0, 0.1) is 0 Å². The fraction of sp³-hybridized carbons (Fsp3) is 0.111. The van der Waals surface area contributed by atoms with Crippen molar-refractivity contribution in [1.82, 2.24) is 0 Å². The first-order valence-electron chi connectivity index (χ1n) is 7.72. The van der Waals surface area contributed by atoms with Gasteiger partial charge in [-0.05, 0) is 25.1 Å². The van der Waals surface area contributed by atoms with Gasteiger partial charge in [-0.1, -0.05) is 46.6 Å². The monoisotopic (exact) mass is 373 g/mol. The summed E-state index contributed by atoms with van der Waals surface area (Å²) in [7, 11) is 0. The maximum absolute atomic E-state index is 12.6. The Bertz CT molecular complexity index is 967. The normalized spacial score (nSPS) is 19.5. The van der Waals surface area contributed by atoms with E-state index < -0.39 is 0 Å². The van der Waals surface area contributed by atoms with Crippen molar-refractivity contribution in [3.63, 3.8) is 0 Å². The second-order valence-electron chi connectivity index (χ2n) is 5.54. The molecule has 0 radical (unpaired) electrons. The summed E-state index contributed by atoms with van der Waals surface area (Å²) in [5, 5.41) is 11.1. The zero-order valence-corrected chi connectivity index (χ0v) is 14.7. The average Bonchev–Trinajstić information content (AvgIpc) is 3.10. The van der Waals surface area contributed by atoms with Crippen LogP contribution in [0.2, 0.25) is 10.0 Å². The summed E-state index contributed by atoms with van der Waals surface area (Å²) >= 11 is 12.2. The first kappa shape index (κ1) is 16.0. The van der Waals surface area contributed by atoms with Gasteiger partial charge in [-0.3, -0.25) is 4.79 Å². The van der Waals surface area contributed by atoms with Crippen LogP contribution >= 0.6 is 23.2 Å². The molecular formula is C18H13Cl2N3O2. The highest BCUT2D eigenvalue weighted by molar-refractivity contribution is 6.44. The van der Waals surface area contributed by atoms with Crippen molar-refractivity contribution in [2.75, 3.05) is 17.2 Å². The van der Waals surface area contributed by atoms with Crippen molar-refractivity contribution in [2.24, 2.45) is 5.16 Å². The summed E-state index contributed by atoms with van der Waals surface area (Å²) in [4.78, 5) is 17.9. The number of carbonyl (C=O) groups is 1. The van der Waals surface area contributed by atoms with Crippen molar-refractivity contribution in [1.29, 1.82) is 0 Å². The van der Waals surface area contributed by atoms with E-state index in [0.717, 1.165) is 11.3 Å². The van der Waals surface area contributed by atoms with E-state index in [1.165, 1.54) is 0 Å². The molecule has 0 spiro atoms. The van der Waals surface area contributed by atoms with Crippen LogP contribution in [-0.4, -0.2) is 18.2 Å². The minimum atomic E-state index is -0.243. The number of hydrogen-bond donors (Lipinski definition) is 2. The Morgan fingerprint density at radius 1 is 1.04 bits per heavy atom. The molecule has 0 aliphatic carbocycles. The van der Waals surface area contributed by atoms with E-state index in [0.29, 0.717) is 44.9 Å². The Kier molecular flexibility index (Phi) is 3.90. The van der Waals surface area contributed by atoms with E-state index in [9.17, 15) is 4.79 Å². The topological polar surface area (TPSA) is 62.7 Å². The highest BCUT2D eigenvalue weighted by Crippen LogP contribution is 2.42. The molecule has 7 heteroatoms. The number of halogens is 2. The lowest BCUT2D eigenvalue weighted by molar-refractivity contribution is -0.110. The smallest absolute Gasteiger partial charge is 0.258 e. The lowest BCUT2D eigenvalue weighted by Crippen LogP contribution is -2.12. The predicted molar refractivity (Wildman–Crippen MR) is 100 cm³/mol. The fourth-order valence-electron chi connectivity index (χ4n) is 2.94. The Labute approximate surface area is 154 Å². The van der Waals surface area contributed by atoms with Gasteiger partial charge in [0.15, 0.2) is 0 Å². The predicted octanol–water partition coefficient (Wildman–Crippen LogP) is 4.52. The molecule has 0 bridgehead atoms. The van der Waals surface area contributed by atoms with Gasteiger partial charge in [0.05, 0.1) is 27.0 Å². The van der Waals surface area contributed by atoms with Gasteiger partial charge in [-0.2, -0.15) is 0 Å². The number of anilines is 2. The van der Waals surface area contributed by atoms with E-state index in [1.807, 2.05) is 31.2 Å². The first-order chi connectivity index (χ1) is 12.1. The van der Waals surface area contributed by atoms with Crippen LogP contribution in [0.1, 0.15) is 18.1 Å². The van der Waals surface area contributed by atoms with Gasteiger partial charge >= 0.3 is 0 Å². The fourth-order valence-corrected chi connectivity index (χ4v) is 3.27. The number of amides is 1. The number of nitrogens with one attached hydrogen (secondary N) is 2. The Morgan fingerprint density at radius 3 is 2.60 bits per heavy atom. The molecule has 4 rings (SSSR count). The van der Waals surface area contributed by atoms with Crippen LogP contribution in [0.5, 0.6) is 0 Å². The minimum Gasteiger partial charge on any atom is -0.396 e. The van der Waals surface area contributed by atoms with E-state index in [4.69, 9.17) is 28.0 Å². The van der Waals surface area contributed by atoms with Gasteiger partial charge in [-0.25, -0.2) is 0 Å². The Balaban J connectivity index is 1.94. The molecule has 25 heavy (non-hydrogen) atoms. The Morgan fingerprint density at radius 2 is 1.80 bits per heavy atom. The summed E-state index contributed by atoms with van der Waals surface area (Å²) in [5.74, 6) is -0.243. The third-order valence-electron chi connectivity index (χ3n) is 4.02. The van der Waals surface area contributed by atoms with Crippen LogP contribution in [0.25, 0.3) is 5.57 Å². The molecule has 0 unspecified atom stereocenters. The molecule has 2 aliphatic heterocycles. The number of nitrogens with zero attached hydrogens (tertiary/aromatic N) is 1. The first-order valence-corrected chi connectivity index (χ1v) is 8.47. The zero-order valence-electron chi connectivity index (χ0n) is 13.2. The summed E-state index contributed by atoms with van der Waals surface area (Å²) in [5.41, 5.74) is 4.67. The van der Waals surface area contributed by atoms with Crippen LogP contribution in [0.15, 0.2) is 47.3 Å². The maximum Gasteiger partial charge on any atom is 0.258 e. The Hall–Kier alpha value is -2.50. The lowest BCUT2D eigenvalue weighted by atomic mass is 10.0. The van der Waals surface area contributed by atoms with Gasteiger partial charge < -0.3 is 15.5 Å². The molecule has 2 aliphatic rings. The van der Waals surface area contributed by atoms with Crippen molar-refractivity contribution in [3.05, 3.63) is 63.3 Å². The number of oxime groups is 1. The number of allylic oxidation sites excluding steroid dienone is 1. The molecule has 5 nitrogen and oxygen atoms in total. The molecule has 1 amide bonds. The van der Waals surface area contributed by atoms with E-state index in [1.54, 1.807) is 12.1 Å². The minimum absolute atomic E-state index is 0.243. The highest BCUT2D eigenvalue weighted by Gasteiger charge is 2.34. The molecule has 2 heterocycles. The van der Waals surface area contributed by atoms with Gasteiger partial charge in [-0.15, -0.1) is 0 Å². The van der Waals surface area contributed by atoms with E-state index >= 15 is 0 Å². The van der Waals surface area contributed by atoms with Crippen LogP contribution in [-0.2, 0) is 9.63 Å². The maximum atomic E-state index is 12.6. The van der Waals surface area contributed by atoms with Gasteiger partial charge in [0.1, 0.15) is 12.3 Å². The molecule has 0 aromatic heterocycles. The van der Waals surface area contributed by atoms with Crippen LogP contribution < -0.4 is 10.6 Å². The van der Waals surface area contributed by atoms with Crippen LogP contribution in [0.3, 0.4) is 0 Å². The van der Waals surface area contributed by atoms with Crippen molar-refractivity contribution >= 4 is 51.8 Å². The molecule has 0 saturated carbocycles. The zero-order chi connectivity index (χ0) is 17.6. The molecule has 0 fully saturated rings. The van der Waals surface area contributed by atoms with Crippen molar-refractivity contribution < 1.29 is 9.63 Å². The summed E-state index contributed by atoms with van der Waals surface area (Å²) in [6, 6.07) is 11.0. The number of benzene rings is 2. The number of para-hydroxylation sites is 1. The number of hydrogen-bond acceptors (Lipinski definition) is 4. The van der Waals surface area contributed by atoms with Gasteiger partial charge in [0.25, 0.3) is 5.91 Å². The van der Waals surface area contributed by atoms with E-state index in [-0.39, 0.29) is 5.91 Å². The lowest BCUT2D eigenvalue weighted by Gasteiger charge is -2.07. The third kappa shape index (κ3) is 2.56. The standard InChI is InChI=1S/C18H13Cl2N3O2/c1-2-25-23-16-9-5-3-4-6-13(9)21-17(16)15-10-7-11(19)12(20)8-14(10)22-18(15)24/h3-8,21H,2H2,1H3,(H,22,24)/b17-15-,23-16+. The van der Waals surface area contributed by atoms with E-state index in [2.05, 4.69) is 15.8 Å². The average molecular weight is 374 g/mol. The molecule has 0 saturated heterocycles. The van der Waals surface area contributed by atoms with Crippen molar-refractivity contribution in [3.8, 4) is 0 Å². The van der Waals surface area contributed by atoms with Crippen molar-refractivity contribution in [2.45, 2.75) is 6.92 Å². The summed E-state index contributed by atoms with van der Waals surface area (Å²) in [6.45, 7) is 2.28. The number of fused-ring (bicyclic) bond motifs is 2. The largest absolute Gasteiger partial charge is 0.396 e. The highest BCUT2D eigenvalue weighted by atomic mass is 35.5. The molecule has 2 aromatic carbocycles. The molecule has 2 aromatic rings. The quantitative estimate of drug-likeness (QED) is 0.600. The SMILES string of the molecule is CCO/N=C1/C(=C2/C(=O)Nc3cc(Cl)c(Cl)cc32)Nc2ccccc21. The molecular weight excluding hydrogens is 361 g/mol. The number of carbonyl (C=O) groups excluding carboxylic acids is 1. The number of rotatable bonds is 2. The van der Waals surface area contributed by atoms with Gasteiger partial charge in [0.2, 0.25) is 0 Å². The molecule has 2 N–H and O–H groups in total. The second-order valence-corrected chi connectivity index (χ2v) is 6.36.